The zero-order valence-electron chi connectivity index (χ0n) is 14.6. The number of hydrogen-bond donors (Lipinski definition) is 1. The van der Waals surface area contributed by atoms with Gasteiger partial charge in [-0.25, -0.2) is 9.59 Å². The number of nitro groups is 1. The van der Waals surface area contributed by atoms with E-state index in [1.807, 2.05) is 13.8 Å². The number of carbonyl (C=O) groups excluding carboxylic acids is 2. The molecule has 0 saturated carbocycles. The highest BCUT2D eigenvalue weighted by Gasteiger charge is 2.37. The zero-order chi connectivity index (χ0) is 18.7. The van der Waals surface area contributed by atoms with Crippen LogP contribution >= 0.6 is 0 Å². The molecular weight excluding hydrogens is 326 g/mol. The van der Waals surface area contributed by atoms with Crippen LogP contribution in [0.2, 0.25) is 0 Å². The molecule has 1 N–H and O–H groups in total. The number of nitrogens with one attached hydrogen (secondary N) is 1. The lowest BCUT2D eigenvalue weighted by Gasteiger charge is -2.37. The Morgan fingerprint density at radius 1 is 1.44 bits per heavy atom. The van der Waals surface area contributed by atoms with Gasteiger partial charge in [0.15, 0.2) is 0 Å². The number of rotatable bonds is 5. The summed E-state index contributed by atoms with van der Waals surface area (Å²) in [6.07, 6.45) is 0. The number of benzene rings is 1. The van der Waals surface area contributed by atoms with Crippen LogP contribution < -0.4 is 5.32 Å². The van der Waals surface area contributed by atoms with E-state index >= 15 is 0 Å². The number of ether oxygens (including phenoxy) is 1. The van der Waals surface area contributed by atoms with Gasteiger partial charge in [0.25, 0.3) is 5.69 Å². The van der Waals surface area contributed by atoms with Crippen molar-refractivity contribution in [3.63, 3.8) is 0 Å². The van der Waals surface area contributed by atoms with Crippen molar-refractivity contribution in [3.05, 3.63) is 51.2 Å². The molecule has 1 heterocycles. The molecule has 8 heteroatoms. The summed E-state index contributed by atoms with van der Waals surface area (Å²) in [4.78, 5) is 36.9. The van der Waals surface area contributed by atoms with Crippen LogP contribution in [0.25, 0.3) is 0 Å². The Labute approximate surface area is 145 Å². The molecule has 0 aromatic heterocycles. The maximum absolute atomic E-state index is 12.5. The Morgan fingerprint density at radius 2 is 2.12 bits per heavy atom. The maximum Gasteiger partial charge on any atom is 0.338 e. The molecule has 25 heavy (non-hydrogen) atoms. The van der Waals surface area contributed by atoms with Crippen molar-refractivity contribution in [3.8, 4) is 0 Å². The molecule has 1 aliphatic heterocycles. The van der Waals surface area contributed by atoms with Gasteiger partial charge in [-0.2, -0.15) is 0 Å². The zero-order valence-corrected chi connectivity index (χ0v) is 14.6. The third kappa shape index (κ3) is 3.62. The second kappa shape index (κ2) is 7.33. The van der Waals surface area contributed by atoms with Crippen molar-refractivity contribution >= 4 is 17.7 Å². The summed E-state index contributed by atoms with van der Waals surface area (Å²) in [5.41, 5.74) is 1.09. The van der Waals surface area contributed by atoms with Crippen LogP contribution in [0.15, 0.2) is 35.5 Å². The lowest BCUT2D eigenvalue weighted by molar-refractivity contribution is -0.384. The average molecular weight is 347 g/mol. The normalized spacial score (nSPS) is 17.6. The Balaban J connectivity index is 2.58. The fourth-order valence-electron chi connectivity index (χ4n) is 2.92. The van der Waals surface area contributed by atoms with Gasteiger partial charge in [0.05, 0.1) is 23.1 Å². The van der Waals surface area contributed by atoms with Gasteiger partial charge in [0.1, 0.15) is 0 Å². The summed E-state index contributed by atoms with van der Waals surface area (Å²) in [6, 6.07) is 4.54. The highest BCUT2D eigenvalue weighted by molar-refractivity contribution is 5.95. The van der Waals surface area contributed by atoms with Gasteiger partial charge < -0.3 is 10.1 Å². The minimum Gasteiger partial charge on any atom is -0.463 e. The van der Waals surface area contributed by atoms with Crippen molar-refractivity contribution in [1.82, 2.24) is 10.2 Å². The molecule has 0 bridgehead atoms. The van der Waals surface area contributed by atoms with Crippen LogP contribution in [0, 0.1) is 10.1 Å². The molecular formula is C17H21N3O5. The minimum atomic E-state index is -0.804. The van der Waals surface area contributed by atoms with Gasteiger partial charge in [-0.15, -0.1) is 0 Å². The van der Waals surface area contributed by atoms with Crippen molar-refractivity contribution in [2.24, 2.45) is 0 Å². The largest absolute Gasteiger partial charge is 0.463 e. The SMILES string of the molecule is CCOC(=O)C1=C(C)N(C(C)C)C(=O)N[C@@H]1c1cccc([N+](=O)[O-])c1. The predicted molar refractivity (Wildman–Crippen MR) is 90.7 cm³/mol. The van der Waals surface area contributed by atoms with Gasteiger partial charge in [0.2, 0.25) is 0 Å². The molecule has 0 unspecified atom stereocenters. The van der Waals surface area contributed by atoms with E-state index in [0.717, 1.165) is 0 Å². The van der Waals surface area contributed by atoms with E-state index in [4.69, 9.17) is 4.74 Å². The van der Waals surface area contributed by atoms with Crippen LogP contribution in [0.5, 0.6) is 0 Å². The number of urea groups is 1. The van der Waals surface area contributed by atoms with Crippen LogP contribution in [0.4, 0.5) is 10.5 Å². The summed E-state index contributed by atoms with van der Waals surface area (Å²) >= 11 is 0. The van der Waals surface area contributed by atoms with Crippen molar-refractivity contribution in [1.29, 1.82) is 0 Å². The molecule has 0 fully saturated rings. The molecule has 1 aromatic carbocycles. The Morgan fingerprint density at radius 3 is 2.68 bits per heavy atom. The van der Waals surface area contributed by atoms with E-state index in [0.29, 0.717) is 11.3 Å². The highest BCUT2D eigenvalue weighted by atomic mass is 16.6. The molecule has 1 aliphatic rings. The van der Waals surface area contributed by atoms with Crippen molar-refractivity contribution in [2.75, 3.05) is 6.61 Å². The minimum absolute atomic E-state index is 0.112. The molecule has 0 spiro atoms. The lowest BCUT2D eigenvalue weighted by Crippen LogP contribution is -2.50. The van der Waals surface area contributed by atoms with Crippen LogP contribution in [-0.2, 0) is 9.53 Å². The summed E-state index contributed by atoms with van der Waals surface area (Å²) in [6.45, 7) is 7.22. The second-order valence-corrected chi connectivity index (χ2v) is 5.92. The number of esters is 1. The lowest BCUT2D eigenvalue weighted by atomic mass is 9.94. The molecule has 1 aromatic rings. The number of hydrogen-bond acceptors (Lipinski definition) is 5. The third-order valence-electron chi connectivity index (χ3n) is 3.95. The van der Waals surface area contributed by atoms with Gasteiger partial charge in [-0.1, -0.05) is 12.1 Å². The Kier molecular flexibility index (Phi) is 5.41. The van der Waals surface area contributed by atoms with Crippen molar-refractivity contribution < 1.29 is 19.2 Å². The molecule has 134 valence electrons. The fraction of sp³-hybridized carbons (Fsp3) is 0.412. The molecule has 2 rings (SSSR count). The van der Waals surface area contributed by atoms with Gasteiger partial charge in [0, 0.05) is 23.9 Å². The number of carbonyl (C=O) groups is 2. The van der Waals surface area contributed by atoms with Crippen LogP contribution in [0.1, 0.15) is 39.3 Å². The van der Waals surface area contributed by atoms with Gasteiger partial charge >= 0.3 is 12.0 Å². The molecule has 0 radical (unpaired) electrons. The quantitative estimate of drug-likeness (QED) is 0.501. The van der Waals surface area contributed by atoms with E-state index < -0.39 is 16.9 Å². The van der Waals surface area contributed by atoms with E-state index in [1.54, 1.807) is 19.9 Å². The molecule has 8 nitrogen and oxygen atoms in total. The predicted octanol–water partition coefficient (Wildman–Crippen LogP) is 2.91. The summed E-state index contributed by atoms with van der Waals surface area (Å²) in [5, 5.41) is 13.8. The number of allylic oxidation sites excluding steroid dienone is 1. The van der Waals surface area contributed by atoms with Crippen LogP contribution in [0.3, 0.4) is 0 Å². The Hall–Kier alpha value is -2.90. The van der Waals surface area contributed by atoms with Crippen molar-refractivity contribution in [2.45, 2.75) is 39.8 Å². The monoisotopic (exact) mass is 347 g/mol. The average Bonchev–Trinajstić information content (AvgIpc) is 2.54. The summed E-state index contributed by atoms with van der Waals surface area (Å²) in [7, 11) is 0. The smallest absolute Gasteiger partial charge is 0.338 e. The maximum atomic E-state index is 12.5. The van der Waals surface area contributed by atoms with Gasteiger partial charge in [-0.3, -0.25) is 15.0 Å². The number of nitrogens with zero attached hydrogens (tertiary/aromatic N) is 2. The third-order valence-corrected chi connectivity index (χ3v) is 3.95. The van der Waals surface area contributed by atoms with E-state index in [9.17, 15) is 19.7 Å². The van der Waals surface area contributed by atoms with E-state index in [-0.39, 0.29) is 29.9 Å². The Bertz CT molecular complexity index is 742. The van der Waals surface area contributed by atoms with E-state index in [1.165, 1.54) is 23.1 Å². The number of nitro benzene ring substituents is 1. The number of amides is 2. The molecule has 2 amide bonds. The van der Waals surface area contributed by atoms with Gasteiger partial charge in [-0.05, 0) is 33.3 Å². The number of non-ortho nitro benzene ring substituents is 1. The van der Waals surface area contributed by atoms with E-state index in [2.05, 4.69) is 5.32 Å². The molecule has 0 saturated heterocycles. The first kappa shape index (κ1) is 18.4. The standard InChI is InChI=1S/C17H21N3O5/c1-5-25-16(21)14-11(4)19(10(2)3)17(22)18-15(14)12-7-6-8-13(9-12)20(23)24/h6-10,15H,5H2,1-4H3,(H,18,22)/t15-/m1/s1. The topological polar surface area (TPSA) is 102 Å². The highest BCUT2D eigenvalue weighted by Crippen LogP contribution is 2.33. The summed E-state index contributed by atoms with van der Waals surface area (Å²) < 4.78 is 5.14. The molecule has 1 atom stereocenters. The fourth-order valence-corrected chi connectivity index (χ4v) is 2.92. The first-order valence-corrected chi connectivity index (χ1v) is 7.99. The molecule has 0 aliphatic carbocycles. The second-order valence-electron chi connectivity index (χ2n) is 5.92. The summed E-state index contributed by atoms with van der Waals surface area (Å²) in [5.74, 6) is -0.554. The first-order valence-electron chi connectivity index (χ1n) is 7.99. The first-order chi connectivity index (χ1) is 11.8. The van der Waals surface area contributed by atoms with Crippen LogP contribution in [-0.4, -0.2) is 34.5 Å².